The number of nitrogens with zero attached hydrogens (tertiary/aromatic N) is 2. The van der Waals surface area contributed by atoms with Crippen LogP contribution in [0, 0.1) is 13.8 Å². The number of aromatic nitrogens is 2. The molecule has 2 rings (SSSR count). The van der Waals surface area contributed by atoms with E-state index in [9.17, 15) is 8.42 Å². The first kappa shape index (κ1) is 13.8. The fourth-order valence-corrected chi connectivity index (χ4v) is 2.72. The molecule has 0 saturated heterocycles. The summed E-state index contributed by atoms with van der Waals surface area (Å²) >= 11 is 5.93. The molecule has 1 aromatic heterocycles. The summed E-state index contributed by atoms with van der Waals surface area (Å²) in [6.07, 6.45) is 1.49. The lowest BCUT2D eigenvalue weighted by atomic mass is 10.2. The van der Waals surface area contributed by atoms with E-state index in [4.69, 9.17) is 11.6 Å². The molecule has 0 fully saturated rings. The SMILES string of the molecule is Cc1nccc(NS(=O)(=O)c2ccc(C)c(Cl)c2)n1. The molecule has 0 unspecified atom stereocenters. The van der Waals surface area contributed by atoms with Crippen molar-refractivity contribution in [2.24, 2.45) is 0 Å². The fraction of sp³-hybridized carbons (Fsp3) is 0.167. The summed E-state index contributed by atoms with van der Waals surface area (Å²) in [5.74, 6) is 0.714. The number of sulfonamides is 1. The van der Waals surface area contributed by atoms with E-state index < -0.39 is 10.0 Å². The Hall–Kier alpha value is -1.66. The highest BCUT2D eigenvalue weighted by atomic mass is 35.5. The Morgan fingerprint density at radius 2 is 1.95 bits per heavy atom. The summed E-state index contributed by atoms with van der Waals surface area (Å²) in [4.78, 5) is 7.99. The van der Waals surface area contributed by atoms with Gasteiger partial charge in [-0.05, 0) is 37.6 Å². The van der Waals surface area contributed by atoms with Gasteiger partial charge in [0.25, 0.3) is 10.0 Å². The van der Waals surface area contributed by atoms with Crippen molar-refractivity contribution in [2.45, 2.75) is 18.7 Å². The number of hydrogen-bond donors (Lipinski definition) is 1. The molecule has 1 aromatic carbocycles. The summed E-state index contributed by atoms with van der Waals surface area (Å²) in [5, 5.41) is 0.404. The quantitative estimate of drug-likeness (QED) is 0.945. The number of rotatable bonds is 3. The lowest BCUT2D eigenvalue weighted by Gasteiger charge is -2.08. The number of halogens is 1. The molecule has 0 spiro atoms. The highest BCUT2D eigenvalue weighted by Gasteiger charge is 2.15. The molecule has 100 valence electrons. The second kappa shape index (κ2) is 5.14. The molecule has 0 aliphatic heterocycles. The number of nitrogens with one attached hydrogen (secondary N) is 1. The predicted molar refractivity (Wildman–Crippen MR) is 73.8 cm³/mol. The zero-order chi connectivity index (χ0) is 14.0. The monoisotopic (exact) mass is 297 g/mol. The average molecular weight is 298 g/mol. The van der Waals surface area contributed by atoms with Gasteiger partial charge in [0, 0.05) is 11.2 Å². The lowest BCUT2D eigenvalue weighted by molar-refractivity contribution is 0.601. The molecule has 0 atom stereocenters. The lowest BCUT2D eigenvalue weighted by Crippen LogP contribution is -2.14. The third-order valence-electron chi connectivity index (χ3n) is 2.47. The van der Waals surface area contributed by atoms with Crippen molar-refractivity contribution >= 4 is 27.4 Å². The van der Waals surface area contributed by atoms with Crippen molar-refractivity contribution < 1.29 is 8.42 Å². The van der Waals surface area contributed by atoms with E-state index in [0.29, 0.717) is 10.8 Å². The maximum absolute atomic E-state index is 12.1. The second-order valence-electron chi connectivity index (χ2n) is 4.01. The zero-order valence-electron chi connectivity index (χ0n) is 10.4. The number of hydrogen-bond acceptors (Lipinski definition) is 4. The third kappa shape index (κ3) is 3.21. The maximum Gasteiger partial charge on any atom is 0.263 e. The van der Waals surface area contributed by atoms with Crippen LogP contribution in [0.3, 0.4) is 0 Å². The predicted octanol–water partition coefficient (Wildman–Crippen LogP) is 2.55. The Morgan fingerprint density at radius 3 is 2.58 bits per heavy atom. The van der Waals surface area contributed by atoms with Gasteiger partial charge < -0.3 is 0 Å². The molecule has 19 heavy (non-hydrogen) atoms. The first-order valence-corrected chi connectivity index (χ1v) is 7.33. The summed E-state index contributed by atoms with van der Waals surface area (Å²) in [5.41, 5.74) is 0.818. The first-order valence-electron chi connectivity index (χ1n) is 5.47. The smallest absolute Gasteiger partial charge is 0.263 e. The van der Waals surface area contributed by atoms with Gasteiger partial charge in [-0.25, -0.2) is 18.4 Å². The van der Waals surface area contributed by atoms with Crippen LogP contribution in [0.5, 0.6) is 0 Å². The molecule has 0 saturated carbocycles. The fourth-order valence-electron chi connectivity index (χ4n) is 1.45. The Bertz CT molecular complexity index is 717. The molecule has 2 aromatic rings. The maximum atomic E-state index is 12.1. The normalized spacial score (nSPS) is 11.3. The summed E-state index contributed by atoms with van der Waals surface area (Å²) in [7, 11) is -3.69. The topological polar surface area (TPSA) is 72.0 Å². The van der Waals surface area contributed by atoms with Crippen LogP contribution in [0.1, 0.15) is 11.4 Å². The zero-order valence-corrected chi connectivity index (χ0v) is 12.0. The largest absolute Gasteiger partial charge is 0.263 e. The molecule has 0 bridgehead atoms. The summed E-state index contributed by atoms with van der Waals surface area (Å²) < 4.78 is 26.7. The first-order chi connectivity index (χ1) is 8.88. The van der Waals surface area contributed by atoms with Crippen molar-refractivity contribution in [3.8, 4) is 0 Å². The van der Waals surface area contributed by atoms with E-state index in [1.807, 2.05) is 0 Å². The van der Waals surface area contributed by atoms with Crippen molar-refractivity contribution in [3.05, 3.63) is 46.9 Å². The van der Waals surface area contributed by atoms with Crippen LogP contribution in [0.2, 0.25) is 5.02 Å². The molecule has 5 nitrogen and oxygen atoms in total. The van der Waals surface area contributed by atoms with Gasteiger partial charge in [-0.1, -0.05) is 17.7 Å². The molecule has 1 N–H and O–H groups in total. The second-order valence-corrected chi connectivity index (χ2v) is 6.10. The number of benzene rings is 1. The van der Waals surface area contributed by atoms with Gasteiger partial charge in [0.05, 0.1) is 4.90 Å². The van der Waals surface area contributed by atoms with E-state index >= 15 is 0 Å². The van der Waals surface area contributed by atoms with Crippen molar-refractivity contribution in [3.63, 3.8) is 0 Å². The van der Waals surface area contributed by atoms with E-state index in [2.05, 4.69) is 14.7 Å². The highest BCUT2D eigenvalue weighted by Crippen LogP contribution is 2.21. The van der Waals surface area contributed by atoms with Gasteiger partial charge in [-0.2, -0.15) is 0 Å². The number of aryl methyl sites for hydroxylation is 2. The van der Waals surface area contributed by atoms with Crippen LogP contribution >= 0.6 is 11.6 Å². The number of anilines is 1. The molecular weight excluding hydrogens is 286 g/mol. The van der Waals surface area contributed by atoms with Crippen LogP contribution in [-0.2, 0) is 10.0 Å². The molecule has 0 amide bonds. The van der Waals surface area contributed by atoms with Crippen molar-refractivity contribution in [2.75, 3.05) is 4.72 Å². The van der Waals surface area contributed by atoms with E-state index in [1.54, 1.807) is 19.9 Å². The van der Waals surface area contributed by atoms with Crippen LogP contribution in [0.25, 0.3) is 0 Å². The Kier molecular flexibility index (Phi) is 3.73. The molecule has 0 aliphatic rings. The van der Waals surface area contributed by atoms with Crippen LogP contribution < -0.4 is 4.72 Å². The minimum absolute atomic E-state index is 0.0966. The minimum Gasteiger partial charge on any atom is -0.263 e. The van der Waals surface area contributed by atoms with Crippen LogP contribution in [0.15, 0.2) is 35.4 Å². The van der Waals surface area contributed by atoms with E-state index in [-0.39, 0.29) is 10.7 Å². The van der Waals surface area contributed by atoms with Gasteiger partial charge in [-0.15, -0.1) is 0 Å². The van der Waals surface area contributed by atoms with Crippen molar-refractivity contribution in [1.82, 2.24) is 9.97 Å². The standard InChI is InChI=1S/C12H12ClN3O2S/c1-8-3-4-10(7-11(8)13)19(17,18)16-12-5-6-14-9(2)15-12/h3-7H,1-2H3,(H,14,15,16). The Labute approximate surface area is 116 Å². The van der Waals surface area contributed by atoms with Gasteiger partial charge in [0.2, 0.25) is 0 Å². The Balaban J connectivity index is 2.35. The molecule has 7 heteroatoms. The van der Waals surface area contributed by atoms with Crippen molar-refractivity contribution in [1.29, 1.82) is 0 Å². The highest BCUT2D eigenvalue weighted by molar-refractivity contribution is 7.92. The molecule has 0 aliphatic carbocycles. The van der Waals surface area contributed by atoms with Crippen LogP contribution in [-0.4, -0.2) is 18.4 Å². The molecule has 0 radical (unpaired) electrons. The van der Waals surface area contributed by atoms with E-state index in [1.165, 1.54) is 24.4 Å². The average Bonchev–Trinajstić information content (AvgIpc) is 2.32. The van der Waals surface area contributed by atoms with Gasteiger partial charge in [-0.3, -0.25) is 4.72 Å². The minimum atomic E-state index is -3.69. The molecular formula is C12H12ClN3O2S. The van der Waals surface area contributed by atoms with Crippen LogP contribution in [0.4, 0.5) is 5.82 Å². The summed E-state index contributed by atoms with van der Waals surface area (Å²) in [6.45, 7) is 3.49. The van der Waals surface area contributed by atoms with Gasteiger partial charge in [0.15, 0.2) is 0 Å². The van der Waals surface area contributed by atoms with Gasteiger partial charge in [0.1, 0.15) is 11.6 Å². The summed E-state index contributed by atoms with van der Waals surface area (Å²) in [6, 6.07) is 6.05. The van der Waals surface area contributed by atoms with E-state index in [0.717, 1.165) is 5.56 Å². The van der Waals surface area contributed by atoms with Gasteiger partial charge >= 0.3 is 0 Å². The molecule has 1 heterocycles. The third-order valence-corrected chi connectivity index (χ3v) is 4.23. The Morgan fingerprint density at radius 1 is 1.21 bits per heavy atom.